The van der Waals surface area contributed by atoms with Crippen LogP contribution in [0.1, 0.15) is 51.5 Å². The monoisotopic (exact) mass is 432 g/mol. The summed E-state index contributed by atoms with van der Waals surface area (Å²) in [6.07, 6.45) is 7.07. The zero-order valence-electron chi connectivity index (χ0n) is 19.7. The molecule has 0 spiro atoms. The van der Waals surface area contributed by atoms with Gasteiger partial charge in [-0.25, -0.2) is 0 Å². The number of aliphatic hydroxyl groups excluding tert-OH is 1. The Morgan fingerprint density at radius 3 is 2.62 bits per heavy atom. The second-order valence-electron chi connectivity index (χ2n) is 9.65. The topological polar surface area (TPSA) is 62.5 Å². The number of hydrogen-bond donors (Lipinski definition) is 2. The van der Waals surface area contributed by atoms with Gasteiger partial charge < -0.3 is 15.3 Å². The van der Waals surface area contributed by atoms with Crippen molar-refractivity contribution in [3.63, 3.8) is 0 Å². The number of anilines is 1. The highest BCUT2D eigenvalue weighted by Crippen LogP contribution is 2.44. The summed E-state index contributed by atoms with van der Waals surface area (Å²) < 4.78 is 0. The van der Waals surface area contributed by atoms with Gasteiger partial charge in [0.15, 0.2) is 0 Å². The van der Waals surface area contributed by atoms with Crippen LogP contribution in [0, 0.1) is 23.7 Å². The lowest BCUT2D eigenvalue weighted by Crippen LogP contribution is -2.47. The standard InChI is InChI=1S/C27H36N4O/c1-4-5-9-25-22(17-28)21-11-14-29-18-23(21)26(30-15-12-27(3,19-32)13-16-30)31(25)24-10-7-6-8-20(24)2/h6-10,29,32H,4-5,11-16,18-19H2,1-3H3/b25-9+. The number of likely N-dealkylation sites (tertiary alicyclic amines) is 1. The highest BCUT2D eigenvalue weighted by Gasteiger charge is 2.39. The minimum Gasteiger partial charge on any atom is -0.396 e. The van der Waals surface area contributed by atoms with Crippen LogP contribution in [0.3, 0.4) is 0 Å². The van der Waals surface area contributed by atoms with Crippen molar-refractivity contribution in [2.75, 3.05) is 37.7 Å². The van der Waals surface area contributed by atoms with Gasteiger partial charge in [0.25, 0.3) is 0 Å². The molecule has 5 nitrogen and oxygen atoms in total. The van der Waals surface area contributed by atoms with Crippen LogP contribution < -0.4 is 10.2 Å². The maximum atomic E-state index is 10.3. The summed E-state index contributed by atoms with van der Waals surface area (Å²) in [4.78, 5) is 4.86. The average Bonchev–Trinajstić information content (AvgIpc) is 2.82. The van der Waals surface area contributed by atoms with Crippen LogP contribution in [0.5, 0.6) is 0 Å². The Kier molecular flexibility index (Phi) is 6.74. The van der Waals surface area contributed by atoms with Crippen molar-refractivity contribution < 1.29 is 5.11 Å². The number of allylic oxidation sites excluding steroid dienone is 2. The van der Waals surface area contributed by atoms with Gasteiger partial charge in [0, 0.05) is 31.8 Å². The largest absolute Gasteiger partial charge is 0.396 e. The zero-order chi connectivity index (χ0) is 22.7. The van der Waals surface area contributed by atoms with Gasteiger partial charge in [-0.1, -0.05) is 44.5 Å². The van der Waals surface area contributed by atoms with Crippen LogP contribution in [-0.2, 0) is 0 Å². The number of aryl methyl sites for hydroxylation is 1. The van der Waals surface area contributed by atoms with Gasteiger partial charge >= 0.3 is 0 Å². The summed E-state index contributed by atoms with van der Waals surface area (Å²) in [6, 6.07) is 11.1. The molecule has 3 heterocycles. The number of para-hydroxylation sites is 1. The summed E-state index contributed by atoms with van der Waals surface area (Å²) in [7, 11) is 0. The number of rotatable bonds is 5. The number of benzene rings is 1. The molecule has 3 aliphatic heterocycles. The number of aliphatic hydroxyl groups is 1. The van der Waals surface area contributed by atoms with E-state index in [0.717, 1.165) is 75.2 Å². The van der Waals surface area contributed by atoms with Gasteiger partial charge in [-0.3, -0.25) is 4.90 Å². The molecule has 0 atom stereocenters. The van der Waals surface area contributed by atoms with E-state index in [4.69, 9.17) is 0 Å². The minimum absolute atomic E-state index is 0.00787. The highest BCUT2D eigenvalue weighted by molar-refractivity contribution is 5.74. The molecule has 170 valence electrons. The first-order valence-electron chi connectivity index (χ1n) is 12.0. The number of unbranched alkanes of at least 4 members (excludes halogenated alkanes) is 1. The van der Waals surface area contributed by atoms with E-state index in [1.165, 1.54) is 22.5 Å². The van der Waals surface area contributed by atoms with E-state index in [-0.39, 0.29) is 12.0 Å². The van der Waals surface area contributed by atoms with Crippen LogP contribution in [0.25, 0.3) is 0 Å². The van der Waals surface area contributed by atoms with E-state index < -0.39 is 0 Å². The highest BCUT2D eigenvalue weighted by atomic mass is 16.3. The number of piperidine rings is 2. The van der Waals surface area contributed by atoms with Crippen LogP contribution >= 0.6 is 0 Å². The quantitative estimate of drug-likeness (QED) is 0.711. The lowest BCUT2D eigenvalue weighted by atomic mass is 9.80. The fourth-order valence-electron chi connectivity index (χ4n) is 5.10. The number of hydrogen-bond acceptors (Lipinski definition) is 5. The molecule has 2 N–H and O–H groups in total. The van der Waals surface area contributed by atoms with Gasteiger partial charge in [0.1, 0.15) is 11.9 Å². The maximum Gasteiger partial charge on any atom is 0.118 e. The molecule has 0 saturated carbocycles. The minimum atomic E-state index is -0.00787. The van der Waals surface area contributed by atoms with Crippen molar-refractivity contribution in [1.29, 1.82) is 5.26 Å². The predicted octanol–water partition coefficient (Wildman–Crippen LogP) is 4.62. The number of nitriles is 1. The molecule has 1 aromatic carbocycles. The van der Waals surface area contributed by atoms with Gasteiger partial charge in [-0.05, 0) is 61.8 Å². The second kappa shape index (κ2) is 9.52. The first kappa shape index (κ1) is 22.6. The maximum absolute atomic E-state index is 10.3. The fourth-order valence-corrected chi connectivity index (χ4v) is 5.10. The summed E-state index contributed by atoms with van der Waals surface area (Å²) in [5.41, 5.74) is 6.68. The van der Waals surface area contributed by atoms with Crippen molar-refractivity contribution >= 4 is 5.69 Å². The molecule has 0 aromatic heterocycles. The molecule has 0 amide bonds. The number of nitrogens with zero attached hydrogens (tertiary/aromatic N) is 3. The van der Waals surface area contributed by atoms with Gasteiger partial charge in [0.05, 0.1) is 17.0 Å². The van der Waals surface area contributed by atoms with Crippen LogP contribution in [0.4, 0.5) is 5.69 Å². The Labute approximate surface area is 192 Å². The summed E-state index contributed by atoms with van der Waals surface area (Å²) in [6.45, 7) is 10.3. The Morgan fingerprint density at radius 1 is 1.22 bits per heavy atom. The Bertz CT molecular complexity index is 989. The summed E-state index contributed by atoms with van der Waals surface area (Å²) in [5.74, 6) is 1.22. The smallest absolute Gasteiger partial charge is 0.118 e. The summed E-state index contributed by atoms with van der Waals surface area (Å²) >= 11 is 0. The lowest BCUT2D eigenvalue weighted by molar-refractivity contribution is 0.0701. The molecule has 2 saturated heterocycles. The average molecular weight is 433 g/mol. The molecule has 0 bridgehead atoms. The van der Waals surface area contributed by atoms with Gasteiger partial charge in [0.2, 0.25) is 0 Å². The van der Waals surface area contributed by atoms with Crippen molar-refractivity contribution in [2.45, 2.75) is 52.9 Å². The third kappa shape index (κ3) is 4.10. The van der Waals surface area contributed by atoms with Crippen molar-refractivity contribution in [3.8, 4) is 6.07 Å². The molecule has 2 fully saturated rings. The van der Waals surface area contributed by atoms with E-state index in [0.29, 0.717) is 0 Å². The Balaban J connectivity index is 1.91. The Morgan fingerprint density at radius 2 is 1.97 bits per heavy atom. The second-order valence-corrected chi connectivity index (χ2v) is 9.65. The van der Waals surface area contributed by atoms with Crippen molar-refractivity contribution in [3.05, 3.63) is 64.1 Å². The zero-order valence-corrected chi connectivity index (χ0v) is 19.7. The third-order valence-corrected chi connectivity index (χ3v) is 7.24. The lowest BCUT2D eigenvalue weighted by Gasteiger charge is -2.47. The number of nitrogens with one attached hydrogen (secondary N) is 1. The SMILES string of the molecule is CCC/C=C1\C(C#N)=C2CCNCC2=C(N2CCC(C)(CO)CC2)N1c1ccccc1C. The Hall–Kier alpha value is -2.55. The van der Waals surface area contributed by atoms with Crippen LogP contribution in [0.2, 0.25) is 0 Å². The molecule has 5 heteroatoms. The molecule has 4 rings (SSSR count). The molecular formula is C27H36N4O. The third-order valence-electron chi connectivity index (χ3n) is 7.24. The first-order valence-corrected chi connectivity index (χ1v) is 12.0. The van der Waals surface area contributed by atoms with E-state index in [9.17, 15) is 10.4 Å². The van der Waals surface area contributed by atoms with E-state index in [1.807, 2.05) is 0 Å². The predicted molar refractivity (Wildman–Crippen MR) is 130 cm³/mol. The van der Waals surface area contributed by atoms with E-state index in [1.54, 1.807) is 0 Å². The normalized spacial score (nSPS) is 22.3. The fraction of sp³-hybridized carbons (Fsp3) is 0.519. The molecule has 0 radical (unpaired) electrons. The van der Waals surface area contributed by atoms with Crippen molar-refractivity contribution in [1.82, 2.24) is 10.2 Å². The molecule has 0 unspecified atom stereocenters. The summed E-state index contributed by atoms with van der Waals surface area (Å²) in [5, 5.41) is 23.7. The first-order chi connectivity index (χ1) is 15.5. The van der Waals surface area contributed by atoms with Gasteiger partial charge in [-0.15, -0.1) is 0 Å². The molecular weight excluding hydrogens is 396 g/mol. The van der Waals surface area contributed by atoms with Crippen LogP contribution in [0.15, 0.2) is 58.6 Å². The molecule has 0 aliphatic carbocycles. The van der Waals surface area contributed by atoms with Crippen molar-refractivity contribution in [2.24, 2.45) is 5.41 Å². The van der Waals surface area contributed by atoms with E-state index in [2.05, 4.69) is 72.3 Å². The van der Waals surface area contributed by atoms with Gasteiger partial charge in [-0.2, -0.15) is 5.26 Å². The van der Waals surface area contributed by atoms with Crippen LogP contribution in [-0.4, -0.2) is 42.8 Å². The number of fused-ring (bicyclic) bond motifs is 1. The van der Waals surface area contributed by atoms with E-state index >= 15 is 0 Å². The molecule has 32 heavy (non-hydrogen) atoms. The molecule has 1 aromatic rings. The molecule has 3 aliphatic rings.